The largest absolute Gasteiger partial charge is 0.493 e. The fraction of sp³-hybridized carbons (Fsp3) is 0.400. The summed E-state index contributed by atoms with van der Waals surface area (Å²) in [5, 5.41) is 4.76. The first-order valence-electron chi connectivity index (χ1n) is 6.79. The van der Waals surface area contributed by atoms with Crippen molar-refractivity contribution < 1.29 is 4.74 Å². The lowest BCUT2D eigenvalue weighted by Crippen LogP contribution is -2.20. The van der Waals surface area contributed by atoms with Gasteiger partial charge in [-0.1, -0.05) is 22.0 Å². The maximum absolute atomic E-state index is 5.84. The second-order valence-corrected chi connectivity index (χ2v) is 7.19. The second kappa shape index (κ2) is 6.24. The lowest BCUT2D eigenvalue weighted by atomic mass is 10.0. The molecule has 0 aliphatic carbocycles. The number of nitrogens with one attached hydrogen (secondary N) is 1. The predicted octanol–water partition coefficient (Wildman–Crippen LogP) is 4.22. The molecule has 3 nitrogen and oxygen atoms in total. The van der Waals surface area contributed by atoms with Crippen LogP contribution in [0.25, 0.3) is 0 Å². The van der Waals surface area contributed by atoms with E-state index in [0.717, 1.165) is 41.2 Å². The van der Waals surface area contributed by atoms with Gasteiger partial charge in [0.15, 0.2) is 0 Å². The molecular weight excluding hydrogens is 336 g/mol. The monoisotopic (exact) mass is 352 g/mol. The summed E-state index contributed by atoms with van der Waals surface area (Å²) in [7, 11) is 0. The third-order valence-corrected chi connectivity index (χ3v) is 4.84. The van der Waals surface area contributed by atoms with E-state index in [1.165, 1.54) is 10.4 Å². The van der Waals surface area contributed by atoms with Crippen LogP contribution < -0.4 is 10.1 Å². The van der Waals surface area contributed by atoms with Crippen molar-refractivity contribution in [3.05, 3.63) is 44.3 Å². The van der Waals surface area contributed by atoms with Crippen LogP contribution in [0.5, 0.6) is 5.75 Å². The minimum absolute atomic E-state index is 0.350. The fourth-order valence-corrected chi connectivity index (χ4v) is 3.55. The van der Waals surface area contributed by atoms with Crippen molar-refractivity contribution in [3.63, 3.8) is 0 Å². The third kappa shape index (κ3) is 3.22. The smallest absolute Gasteiger partial charge is 0.125 e. The number of benzene rings is 1. The van der Waals surface area contributed by atoms with Crippen molar-refractivity contribution in [1.82, 2.24) is 10.3 Å². The zero-order chi connectivity index (χ0) is 13.9. The maximum atomic E-state index is 5.84. The summed E-state index contributed by atoms with van der Waals surface area (Å²) in [6.07, 6.45) is 4.14. The minimum Gasteiger partial charge on any atom is -0.493 e. The quantitative estimate of drug-likeness (QED) is 0.897. The summed E-state index contributed by atoms with van der Waals surface area (Å²) in [6, 6.07) is 6.65. The first-order chi connectivity index (χ1) is 9.72. The van der Waals surface area contributed by atoms with Crippen LogP contribution in [-0.2, 0) is 6.54 Å². The number of aryl methyl sites for hydroxylation is 1. The maximum Gasteiger partial charge on any atom is 0.125 e. The summed E-state index contributed by atoms with van der Waals surface area (Å²) in [4.78, 5) is 5.59. The molecule has 0 bridgehead atoms. The Bertz CT molecular complexity index is 599. The third-order valence-electron chi connectivity index (χ3n) is 3.44. The normalized spacial score (nSPS) is 18.2. The summed E-state index contributed by atoms with van der Waals surface area (Å²) in [5.41, 5.74) is 1.26. The molecule has 1 N–H and O–H groups in total. The van der Waals surface area contributed by atoms with E-state index >= 15 is 0 Å². The van der Waals surface area contributed by atoms with Gasteiger partial charge in [-0.2, -0.15) is 0 Å². The molecule has 1 aliphatic rings. The Morgan fingerprint density at radius 3 is 3.20 bits per heavy atom. The highest BCUT2D eigenvalue weighted by molar-refractivity contribution is 9.10. The van der Waals surface area contributed by atoms with Crippen LogP contribution in [0.4, 0.5) is 0 Å². The van der Waals surface area contributed by atoms with Crippen LogP contribution in [0, 0.1) is 6.92 Å². The number of hydrogen-bond acceptors (Lipinski definition) is 4. The van der Waals surface area contributed by atoms with Crippen LogP contribution in [0.1, 0.15) is 34.3 Å². The molecule has 1 aromatic carbocycles. The van der Waals surface area contributed by atoms with E-state index < -0.39 is 0 Å². The molecule has 0 fully saturated rings. The molecule has 1 aromatic heterocycles. The Kier molecular flexibility index (Phi) is 4.38. The van der Waals surface area contributed by atoms with E-state index in [-0.39, 0.29) is 0 Å². The minimum atomic E-state index is 0.350. The Labute approximate surface area is 131 Å². The van der Waals surface area contributed by atoms with Crippen molar-refractivity contribution in [1.29, 1.82) is 0 Å². The van der Waals surface area contributed by atoms with Gasteiger partial charge in [-0.15, -0.1) is 11.3 Å². The van der Waals surface area contributed by atoms with Crippen molar-refractivity contribution in [2.45, 2.75) is 32.4 Å². The molecule has 2 aromatic rings. The molecule has 5 heteroatoms. The van der Waals surface area contributed by atoms with Crippen molar-refractivity contribution in [2.75, 3.05) is 6.61 Å². The second-order valence-electron chi connectivity index (χ2n) is 4.95. The number of aromatic nitrogens is 1. The van der Waals surface area contributed by atoms with Gasteiger partial charge in [-0.05, 0) is 31.9 Å². The zero-order valence-electron chi connectivity index (χ0n) is 11.4. The fourth-order valence-electron chi connectivity index (χ4n) is 2.47. The van der Waals surface area contributed by atoms with Crippen LogP contribution in [-0.4, -0.2) is 11.6 Å². The van der Waals surface area contributed by atoms with Gasteiger partial charge in [0.2, 0.25) is 0 Å². The highest BCUT2D eigenvalue weighted by Crippen LogP contribution is 2.34. The van der Waals surface area contributed by atoms with Gasteiger partial charge in [-0.25, -0.2) is 4.98 Å². The first-order valence-corrected chi connectivity index (χ1v) is 8.40. The van der Waals surface area contributed by atoms with E-state index in [9.17, 15) is 0 Å². The van der Waals surface area contributed by atoms with Crippen molar-refractivity contribution in [3.8, 4) is 5.75 Å². The lowest BCUT2D eigenvalue weighted by Gasteiger charge is -2.18. The predicted molar refractivity (Wildman–Crippen MR) is 85.3 cm³/mol. The van der Waals surface area contributed by atoms with Gasteiger partial charge in [-0.3, -0.25) is 0 Å². The highest BCUT2D eigenvalue weighted by Gasteiger charge is 2.19. The average Bonchev–Trinajstić information content (AvgIpc) is 2.74. The van der Waals surface area contributed by atoms with Gasteiger partial charge in [0.1, 0.15) is 5.75 Å². The Balaban J connectivity index is 1.76. The molecule has 3 rings (SSSR count). The van der Waals surface area contributed by atoms with Crippen LogP contribution in [0.15, 0.2) is 28.9 Å². The molecule has 0 amide bonds. The van der Waals surface area contributed by atoms with Crippen LogP contribution in [0.3, 0.4) is 0 Å². The molecule has 20 heavy (non-hydrogen) atoms. The molecule has 1 unspecified atom stereocenters. The van der Waals surface area contributed by atoms with E-state index in [4.69, 9.17) is 4.74 Å². The molecule has 0 spiro atoms. The summed E-state index contributed by atoms with van der Waals surface area (Å²) < 4.78 is 6.90. The number of thiazole rings is 1. The first kappa shape index (κ1) is 14.0. The number of halogens is 1. The topological polar surface area (TPSA) is 34.2 Å². The number of ether oxygens (including phenoxy) is 1. The van der Waals surface area contributed by atoms with Crippen molar-refractivity contribution in [2.24, 2.45) is 0 Å². The Morgan fingerprint density at radius 1 is 1.50 bits per heavy atom. The van der Waals surface area contributed by atoms with E-state index in [0.29, 0.717) is 6.04 Å². The van der Waals surface area contributed by atoms with Gasteiger partial charge >= 0.3 is 0 Å². The average molecular weight is 353 g/mol. The molecule has 0 saturated heterocycles. The Hall–Kier alpha value is -0.910. The van der Waals surface area contributed by atoms with Gasteiger partial charge in [0.05, 0.1) is 11.6 Å². The molecule has 0 saturated carbocycles. The van der Waals surface area contributed by atoms with E-state index in [1.54, 1.807) is 11.3 Å². The molecular formula is C15H17BrN2OS. The summed E-state index contributed by atoms with van der Waals surface area (Å²) >= 11 is 5.26. The van der Waals surface area contributed by atoms with E-state index in [2.05, 4.69) is 44.4 Å². The highest BCUT2D eigenvalue weighted by atomic mass is 79.9. The number of nitrogens with zero attached hydrogens (tertiary/aromatic N) is 1. The van der Waals surface area contributed by atoms with Crippen molar-refractivity contribution >= 4 is 27.3 Å². The van der Waals surface area contributed by atoms with Crippen LogP contribution >= 0.6 is 27.3 Å². The summed E-state index contributed by atoms with van der Waals surface area (Å²) in [5.74, 6) is 0.995. The zero-order valence-corrected chi connectivity index (χ0v) is 13.8. The molecule has 1 aliphatic heterocycles. The van der Waals surface area contributed by atoms with Gasteiger partial charge in [0.25, 0.3) is 0 Å². The molecule has 1 atom stereocenters. The Morgan fingerprint density at radius 2 is 2.40 bits per heavy atom. The number of rotatable bonds is 3. The van der Waals surface area contributed by atoms with Gasteiger partial charge < -0.3 is 10.1 Å². The van der Waals surface area contributed by atoms with Crippen LogP contribution in [0.2, 0.25) is 0 Å². The van der Waals surface area contributed by atoms with E-state index in [1.807, 2.05) is 13.1 Å². The SMILES string of the molecule is Cc1ncc(CNC2CCCOc3cc(Br)ccc32)s1. The lowest BCUT2D eigenvalue weighted by molar-refractivity contribution is 0.315. The standard InChI is InChI=1S/C15H17BrN2OS/c1-10-17-8-12(20-10)9-18-14-3-2-6-19-15-7-11(16)4-5-13(14)15/h4-5,7-8,14,18H,2-3,6,9H2,1H3. The number of hydrogen-bond donors (Lipinski definition) is 1. The molecule has 0 radical (unpaired) electrons. The molecule has 2 heterocycles. The number of fused-ring (bicyclic) bond motifs is 1. The molecule has 106 valence electrons. The summed E-state index contributed by atoms with van der Waals surface area (Å²) in [6.45, 7) is 3.70. The van der Waals surface area contributed by atoms with Gasteiger partial charge in [0, 0.05) is 33.7 Å².